The summed E-state index contributed by atoms with van der Waals surface area (Å²) in [5.41, 5.74) is 10.3. The normalized spacial score (nSPS) is 8.82. The number of azide groups is 1. The second-order valence-electron chi connectivity index (χ2n) is 2.32. The van der Waals surface area contributed by atoms with Crippen molar-refractivity contribution in [1.82, 2.24) is 0 Å². The van der Waals surface area contributed by atoms with Crippen LogP contribution in [0, 0.1) is 6.92 Å². The van der Waals surface area contributed by atoms with Gasteiger partial charge in [-0.05, 0) is 23.6 Å². The number of nitrogens with zero attached hydrogens (tertiary/aromatic N) is 3. The van der Waals surface area contributed by atoms with Gasteiger partial charge in [0.2, 0.25) is 0 Å². The van der Waals surface area contributed by atoms with Crippen LogP contribution in [0.15, 0.2) is 29.4 Å². The summed E-state index contributed by atoms with van der Waals surface area (Å²) in [6, 6.07) is 7.87. The molecule has 0 aliphatic rings. The van der Waals surface area contributed by atoms with E-state index in [-0.39, 0.29) is 0 Å². The molecule has 0 saturated carbocycles. The van der Waals surface area contributed by atoms with Crippen LogP contribution in [0.2, 0.25) is 0 Å². The van der Waals surface area contributed by atoms with E-state index in [0.29, 0.717) is 6.54 Å². The highest BCUT2D eigenvalue weighted by Gasteiger charge is 1.92. The molecule has 3 heteroatoms. The molecule has 1 aromatic carbocycles. The Morgan fingerprint density at radius 2 is 2.18 bits per heavy atom. The maximum atomic E-state index is 8.08. The lowest BCUT2D eigenvalue weighted by atomic mass is 10.1. The van der Waals surface area contributed by atoms with Crippen molar-refractivity contribution in [2.24, 2.45) is 5.11 Å². The van der Waals surface area contributed by atoms with Gasteiger partial charge in [0.15, 0.2) is 0 Å². The molecule has 0 fully saturated rings. The van der Waals surface area contributed by atoms with Crippen LogP contribution < -0.4 is 0 Å². The first-order chi connectivity index (χ1) is 5.34. The summed E-state index contributed by atoms with van der Waals surface area (Å²) >= 11 is 0. The first-order valence-electron chi connectivity index (χ1n) is 3.40. The zero-order chi connectivity index (χ0) is 8.10. The van der Waals surface area contributed by atoms with E-state index in [0.717, 1.165) is 5.56 Å². The van der Waals surface area contributed by atoms with Crippen molar-refractivity contribution in [3.05, 3.63) is 45.8 Å². The molecular weight excluding hydrogens is 138 g/mol. The van der Waals surface area contributed by atoms with E-state index >= 15 is 0 Å². The van der Waals surface area contributed by atoms with Gasteiger partial charge in [-0.1, -0.05) is 29.4 Å². The van der Waals surface area contributed by atoms with Crippen LogP contribution in [0.4, 0.5) is 0 Å². The van der Waals surface area contributed by atoms with Gasteiger partial charge in [-0.25, -0.2) is 0 Å². The molecule has 3 nitrogen and oxygen atoms in total. The van der Waals surface area contributed by atoms with Crippen LogP contribution in [-0.2, 0) is 6.54 Å². The Balaban J connectivity index is 2.85. The maximum absolute atomic E-state index is 8.08. The Labute approximate surface area is 65.3 Å². The zero-order valence-electron chi connectivity index (χ0n) is 6.36. The fourth-order valence-corrected chi connectivity index (χ4v) is 0.895. The minimum absolute atomic E-state index is 0.448. The van der Waals surface area contributed by atoms with Gasteiger partial charge >= 0.3 is 0 Å². The van der Waals surface area contributed by atoms with Gasteiger partial charge in [0.25, 0.3) is 0 Å². The molecule has 0 radical (unpaired) electrons. The van der Waals surface area contributed by atoms with E-state index in [1.807, 2.05) is 31.2 Å². The molecule has 0 bridgehead atoms. The van der Waals surface area contributed by atoms with Crippen LogP contribution in [0.5, 0.6) is 0 Å². The van der Waals surface area contributed by atoms with E-state index in [1.54, 1.807) is 0 Å². The monoisotopic (exact) mass is 147 g/mol. The van der Waals surface area contributed by atoms with E-state index in [1.165, 1.54) is 5.56 Å². The molecule has 0 unspecified atom stereocenters. The molecule has 0 heterocycles. The predicted octanol–water partition coefficient (Wildman–Crippen LogP) is 2.81. The third-order valence-electron chi connectivity index (χ3n) is 1.57. The molecule has 0 spiro atoms. The second kappa shape index (κ2) is 3.64. The lowest BCUT2D eigenvalue weighted by Gasteiger charge is -1.98. The topological polar surface area (TPSA) is 48.8 Å². The molecule has 0 saturated heterocycles. The lowest BCUT2D eigenvalue weighted by Crippen LogP contribution is -1.83. The average Bonchev–Trinajstić information content (AvgIpc) is 2.03. The molecule has 0 N–H and O–H groups in total. The number of aryl methyl sites for hydroxylation is 1. The van der Waals surface area contributed by atoms with E-state index in [4.69, 9.17) is 5.53 Å². The Morgan fingerprint density at radius 3 is 2.82 bits per heavy atom. The van der Waals surface area contributed by atoms with Gasteiger partial charge in [0.1, 0.15) is 0 Å². The number of benzene rings is 1. The van der Waals surface area contributed by atoms with Gasteiger partial charge in [-0.15, -0.1) is 0 Å². The molecule has 0 aliphatic carbocycles. The average molecular weight is 147 g/mol. The van der Waals surface area contributed by atoms with Crippen LogP contribution in [0.1, 0.15) is 11.1 Å². The van der Waals surface area contributed by atoms with Gasteiger partial charge in [-0.3, -0.25) is 0 Å². The quantitative estimate of drug-likeness (QED) is 0.351. The Kier molecular flexibility index (Phi) is 2.53. The molecule has 0 aliphatic heterocycles. The van der Waals surface area contributed by atoms with Gasteiger partial charge < -0.3 is 0 Å². The maximum Gasteiger partial charge on any atom is 0.0513 e. The molecule has 56 valence electrons. The van der Waals surface area contributed by atoms with Crippen molar-refractivity contribution in [2.75, 3.05) is 0 Å². The van der Waals surface area contributed by atoms with Crippen molar-refractivity contribution >= 4 is 0 Å². The van der Waals surface area contributed by atoms with Crippen molar-refractivity contribution < 1.29 is 0 Å². The summed E-state index contributed by atoms with van der Waals surface area (Å²) in [7, 11) is 0. The predicted molar refractivity (Wildman–Crippen MR) is 44.0 cm³/mol. The summed E-state index contributed by atoms with van der Waals surface area (Å²) in [5.74, 6) is 0. The Hall–Kier alpha value is -1.47. The molecular formula is C8H9N3. The van der Waals surface area contributed by atoms with Crippen molar-refractivity contribution in [1.29, 1.82) is 0 Å². The Bertz CT molecular complexity index is 287. The van der Waals surface area contributed by atoms with Crippen LogP contribution in [-0.4, -0.2) is 0 Å². The molecule has 1 rings (SSSR count). The van der Waals surface area contributed by atoms with Crippen molar-refractivity contribution in [2.45, 2.75) is 13.5 Å². The first-order valence-corrected chi connectivity index (χ1v) is 3.40. The lowest BCUT2D eigenvalue weighted by molar-refractivity contribution is 1.03. The van der Waals surface area contributed by atoms with Crippen LogP contribution >= 0.6 is 0 Å². The van der Waals surface area contributed by atoms with E-state index in [2.05, 4.69) is 10.0 Å². The van der Waals surface area contributed by atoms with Crippen molar-refractivity contribution in [3.63, 3.8) is 0 Å². The number of hydrogen-bond acceptors (Lipinski definition) is 1. The minimum atomic E-state index is 0.448. The highest BCUT2D eigenvalue weighted by atomic mass is 15.1. The minimum Gasteiger partial charge on any atom is -0.0893 e. The van der Waals surface area contributed by atoms with Crippen molar-refractivity contribution in [3.8, 4) is 0 Å². The van der Waals surface area contributed by atoms with Gasteiger partial charge in [0, 0.05) is 4.91 Å². The fraction of sp³-hybridized carbons (Fsp3) is 0.250. The molecule has 1 aromatic rings. The fourth-order valence-electron chi connectivity index (χ4n) is 0.895. The summed E-state index contributed by atoms with van der Waals surface area (Å²) in [4.78, 5) is 2.70. The molecule has 11 heavy (non-hydrogen) atoms. The number of hydrogen-bond donors (Lipinski definition) is 0. The summed E-state index contributed by atoms with van der Waals surface area (Å²) in [6.07, 6.45) is 0. The largest absolute Gasteiger partial charge is 0.0893 e. The van der Waals surface area contributed by atoms with Gasteiger partial charge in [-0.2, -0.15) is 0 Å². The third kappa shape index (κ3) is 1.99. The zero-order valence-corrected chi connectivity index (χ0v) is 6.36. The van der Waals surface area contributed by atoms with Gasteiger partial charge in [0.05, 0.1) is 6.54 Å². The standard InChI is InChI=1S/C8H9N3/c1-7-4-2-3-5-8(7)6-10-11-9/h2-5H,6H2,1H3. The molecule has 0 aromatic heterocycles. The summed E-state index contributed by atoms with van der Waals surface area (Å²) in [5, 5.41) is 3.48. The second-order valence-corrected chi connectivity index (χ2v) is 2.32. The Morgan fingerprint density at radius 1 is 1.45 bits per heavy atom. The van der Waals surface area contributed by atoms with Crippen LogP contribution in [0.25, 0.3) is 10.4 Å². The van der Waals surface area contributed by atoms with Crippen LogP contribution in [0.3, 0.4) is 0 Å². The third-order valence-corrected chi connectivity index (χ3v) is 1.57. The summed E-state index contributed by atoms with van der Waals surface area (Å²) in [6.45, 7) is 2.45. The highest BCUT2D eigenvalue weighted by Crippen LogP contribution is 2.07. The number of rotatable bonds is 2. The first kappa shape index (κ1) is 7.63. The SMILES string of the molecule is Cc1ccccc1CN=[N+]=[N-]. The molecule has 0 amide bonds. The summed E-state index contributed by atoms with van der Waals surface area (Å²) < 4.78 is 0. The van der Waals surface area contributed by atoms with E-state index < -0.39 is 0 Å². The van der Waals surface area contributed by atoms with E-state index in [9.17, 15) is 0 Å². The molecule has 0 atom stereocenters. The highest BCUT2D eigenvalue weighted by molar-refractivity contribution is 5.25. The smallest absolute Gasteiger partial charge is 0.0513 e.